The molecule has 1 aromatic rings. The van der Waals surface area contributed by atoms with E-state index < -0.39 is 10.2 Å². The Hall–Kier alpha value is -0.820. The summed E-state index contributed by atoms with van der Waals surface area (Å²) < 4.78 is 28.0. The molecule has 2 heterocycles. The molecule has 0 amide bonds. The highest BCUT2D eigenvalue weighted by molar-refractivity contribution is 9.10. The van der Waals surface area contributed by atoms with Gasteiger partial charge in [-0.1, -0.05) is 0 Å². The van der Waals surface area contributed by atoms with Crippen molar-refractivity contribution in [1.82, 2.24) is 4.98 Å². The van der Waals surface area contributed by atoms with Gasteiger partial charge >= 0.3 is 10.2 Å². The predicted octanol–water partition coefficient (Wildman–Crippen LogP) is 1.73. The van der Waals surface area contributed by atoms with E-state index in [1.165, 1.54) is 10.5 Å². The van der Waals surface area contributed by atoms with E-state index in [4.69, 9.17) is 0 Å². The van der Waals surface area contributed by atoms with Gasteiger partial charge in [-0.15, -0.1) is 0 Å². The highest BCUT2D eigenvalue weighted by atomic mass is 79.9. The van der Waals surface area contributed by atoms with Crippen molar-refractivity contribution in [2.75, 3.05) is 9.03 Å². The van der Waals surface area contributed by atoms with Crippen LogP contribution in [0.2, 0.25) is 0 Å². The molecule has 2 rings (SSSR count). The van der Waals surface area contributed by atoms with Gasteiger partial charge in [-0.05, 0) is 29.8 Å². The van der Waals surface area contributed by atoms with E-state index in [0.717, 1.165) is 0 Å². The quantitative estimate of drug-likeness (QED) is 0.857. The Morgan fingerprint density at radius 3 is 2.73 bits per heavy atom. The third kappa shape index (κ3) is 1.59. The highest BCUT2D eigenvalue weighted by Crippen LogP contribution is 2.40. The summed E-state index contributed by atoms with van der Waals surface area (Å²) in [4.78, 5) is 3.96. The lowest BCUT2D eigenvalue weighted by Gasteiger charge is -2.20. The van der Waals surface area contributed by atoms with Gasteiger partial charge in [0.15, 0.2) is 0 Å². The molecule has 0 bridgehead atoms. The van der Waals surface area contributed by atoms with Gasteiger partial charge in [-0.3, -0.25) is 9.71 Å². The minimum atomic E-state index is -3.45. The Balaban J connectivity index is 2.65. The average molecular weight is 292 g/mol. The van der Waals surface area contributed by atoms with Gasteiger partial charge in [0.2, 0.25) is 0 Å². The van der Waals surface area contributed by atoms with E-state index in [1.807, 2.05) is 13.8 Å². The SMILES string of the molecule is CC(C)N1c2cncc(Br)c2NS1(=O)=O. The second-order valence-corrected chi connectivity index (χ2v) is 5.91. The van der Waals surface area contributed by atoms with Crippen LogP contribution in [0.25, 0.3) is 0 Å². The van der Waals surface area contributed by atoms with E-state index >= 15 is 0 Å². The van der Waals surface area contributed by atoms with Gasteiger partial charge < -0.3 is 0 Å². The first-order chi connectivity index (χ1) is 6.93. The fourth-order valence-electron chi connectivity index (χ4n) is 1.56. The van der Waals surface area contributed by atoms with E-state index in [1.54, 1.807) is 6.20 Å². The summed E-state index contributed by atoms with van der Waals surface area (Å²) in [5, 5.41) is 0. The van der Waals surface area contributed by atoms with Gasteiger partial charge in [0.1, 0.15) is 0 Å². The summed E-state index contributed by atoms with van der Waals surface area (Å²) >= 11 is 3.26. The van der Waals surface area contributed by atoms with E-state index in [2.05, 4.69) is 25.6 Å². The molecule has 0 radical (unpaired) electrons. The van der Waals surface area contributed by atoms with Crippen LogP contribution < -0.4 is 9.03 Å². The van der Waals surface area contributed by atoms with Crippen LogP contribution in [0.15, 0.2) is 16.9 Å². The fourth-order valence-corrected chi connectivity index (χ4v) is 3.63. The standard InChI is InChI=1S/C8H10BrN3O2S/c1-5(2)12-7-4-10-3-6(9)8(7)11-15(12,13)14/h3-5,11H,1-2H3. The lowest BCUT2D eigenvalue weighted by molar-refractivity contribution is 0.592. The van der Waals surface area contributed by atoms with Crippen LogP contribution in [0, 0.1) is 0 Å². The molecule has 1 aliphatic heterocycles. The number of aromatic nitrogens is 1. The number of rotatable bonds is 1. The molecule has 1 N–H and O–H groups in total. The Morgan fingerprint density at radius 1 is 1.47 bits per heavy atom. The summed E-state index contributed by atoms with van der Waals surface area (Å²) in [6.45, 7) is 3.63. The summed E-state index contributed by atoms with van der Waals surface area (Å²) in [6, 6.07) is -0.139. The van der Waals surface area contributed by atoms with E-state index in [9.17, 15) is 8.42 Å². The molecule has 0 spiro atoms. The average Bonchev–Trinajstić information content (AvgIpc) is 2.36. The number of halogens is 1. The third-order valence-corrected chi connectivity index (χ3v) is 4.28. The zero-order valence-electron chi connectivity index (χ0n) is 8.23. The van der Waals surface area contributed by atoms with Gasteiger partial charge in [0, 0.05) is 12.2 Å². The maximum atomic E-state index is 11.8. The Kier molecular flexibility index (Phi) is 2.38. The molecule has 82 valence electrons. The van der Waals surface area contributed by atoms with Crippen molar-refractivity contribution in [3.05, 3.63) is 16.9 Å². The zero-order valence-corrected chi connectivity index (χ0v) is 10.6. The number of anilines is 2. The minimum Gasteiger partial charge on any atom is -0.263 e. The van der Waals surface area contributed by atoms with Gasteiger partial charge in [0.05, 0.1) is 22.0 Å². The second kappa shape index (κ2) is 3.34. The Morgan fingerprint density at radius 2 is 2.13 bits per heavy atom. The largest absolute Gasteiger partial charge is 0.324 e. The second-order valence-electron chi connectivity index (χ2n) is 3.51. The summed E-state index contributed by atoms with van der Waals surface area (Å²) in [5.41, 5.74) is 1.14. The molecule has 0 unspecified atom stereocenters. The van der Waals surface area contributed by atoms with Gasteiger partial charge in [-0.2, -0.15) is 8.42 Å². The highest BCUT2D eigenvalue weighted by Gasteiger charge is 2.35. The van der Waals surface area contributed by atoms with Crippen LogP contribution in [0.5, 0.6) is 0 Å². The van der Waals surface area contributed by atoms with Crippen molar-refractivity contribution in [2.24, 2.45) is 0 Å². The molecule has 1 aromatic heterocycles. The maximum absolute atomic E-state index is 11.8. The number of pyridine rings is 1. The van der Waals surface area contributed by atoms with Crippen LogP contribution in [0.3, 0.4) is 0 Å². The molecule has 0 fully saturated rings. The molecule has 0 aliphatic carbocycles. The van der Waals surface area contributed by atoms with Crippen molar-refractivity contribution >= 4 is 37.5 Å². The van der Waals surface area contributed by atoms with Crippen molar-refractivity contribution < 1.29 is 8.42 Å². The first-order valence-corrected chi connectivity index (χ1v) is 6.62. The molecular weight excluding hydrogens is 282 g/mol. The van der Waals surface area contributed by atoms with Crippen LogP contribution in [-0.2, 0) is 10.2 Å². The minimum absolute atomic E-state index is 0.139. The molecule has 15 heavy (non-hydrogen) atoms. The topological polar surface area (TPSA) is 62.3 Å². The summed E-state index contributed by atoms with van der Waals surface area (Å²) in [7, 11) is -3.45. The van der Waals surface area contributed by atoms with E-state index in [-0.39, 0.29) is 6.04 Å². The lowest BCUT2D eigenvalue weighted by Crippen LogP contribution is -2.35. The van der Waals surface area contributed by atoms with Crippen molar-refractivity contribution in [2.45, 2.75) is 19.9 Å². The van der Waals surface area contributed by atoms with Crippen molar-refractivity contribution in [3.8, 4) is 0 Å². The summed E-state index contributed by atoms with van der Waals surface area (Å²) in [5.74, 6) is 0. The molecule has 5 nitrogen and oxygen atoms in total. The smallest absolute Gasteiger partial charge is 0.263 e. The molecule has 0 atom stereocenters. The maximum Gasteiger partial charge on any atom is 0.324 e. The molecule has 0 aromatic carbocycles. The fraction of sp³-hybridized carbons (Fsp3) is 0.375. The van der Waals surface area contributed by atoms with Crippen LogP contribution in [-0.4, -0.2) is 19.4 Å². The number of fused-ring (bicyclic) bond motifs is 1. The molecule has 0 saturated heterocycles. The number of hydrogen-bond donors (Lipinski definition) is 1. The first kappa shape index (κ1) is 10.7. The lowest BCUT2D eigenvalue weighted by atomic mass is 10.3. The summed E-state index contributed by atoms with van der Waals surface area (Å²) in [6.07, 6.45) is 3.10. The van der Waals surface area contributed by atoms with Crippen molar-refractivity contribution in [3.63, 3.8) is 0 Å². The molecule has 1 aliphatic rings. The predicted molar refractivity (Wildman–Crippen MR) is 62.1 cm³/mol. The molecule has 0 saturated carbocycles. The van der Waals surface area contributed by atoms with Crippen LogP contribution >= 0.6 is 15.9 Å². The zero-order chi connectivity index (χ0) is 11.2. The monoisotopic (exact) mass is 291 g/mol. The Bertz CT molecular complexity index is 501. The molecule has 7 heteroatoms. The van der Waals surface area contributed by atoms with Gasteiger partial charge in [0.25, 0.3) is 0 Å². The first-order valence-electron chi connectivity index (χ1n) is 4.39. The Labute approximate surface area is 96.8 Å². The van der Waals surface area contributed by atoms with E-state index in [0.29, 0.717) is 15.8 Å². The number of nitrogens with one attached hydrogen (secondary N) is 1. The van der Waals surface area contributed by atoms with Crippen LogP contribution in [0.1, 0.15) is 13.8 Å². The number of nitrogens with zero attached hydrogens (tertiary/aromatic N) is 2. The van der Waals surface area contributed by atoms with Gasteiger partial charge in [-0.25, -0.2) is 4.31 Å². The van der Waals surface area contributed by atoms with Crippen LogP contribution in [0.4, 0.5) is 11.4 Å². The van der Waals surface area contributed by atoms with Crippen molar-refractivity contribution in [1.29, 1.82) is 0 Å². The third-order valence-electron chi connectivity index (χ3n) is 2.08. The number of hydrogen-bond acceptors (Lipinski definition) is 3. The normalized spacial score (nSPS) is 17.7. The molecular formula is C8H10BrN3O2S.